The first-order chi connectivity index (χ1) is 12.3. The Morgan fingerprint density at radius 3 is 2.84 bits per heavy atom. The Balaban J connectivity index is 1.60. The first-order valence-electron chi connectivity index (χ1n) is 9.27. The van der Waals surface area contributed by atoms with Crippen LogP contribution in [0.25, 0.3) is 16.9 Å². The van der Waals surface area contributed by atoms with Gasteiger partial charge in [-0.1, -0.05) is 37.6 Å². The number of unbranched alkanes of at least 4 members (excludes halogenated alkanes) is 1. The van der Waals surface area contributed by atoms with E-state index in [1.807, 2.05) is 22.8 Å². The predicted molar refractivity (Wildman–Crippen MR) is 102 cm³/mol. The lowest BCUT2D eigenvalue weighted by atomic mass is 10.0. The molecule has 1 unspecified atom stereocenters. The highest BCUT2D eigenvalue weighted by atomic mass is 15.3. The van der Waals surface area contributed by atoms with Gasteiger partial charge in [-0.25, -0.2) is 9.50 Å². The highest BCUT2D eigenvalue weighted by Gasteiger charge is 2.16. The van der Waals surface area contributed by atoms with E-state index in [1.165, 1.54) is 24.8 Å². The molecule has 0 bridgehead atoms. The molecule has 0 spiro atoms. The Morgan fingerprint density at radius 1 is 1.20 bits per heavy atom. The van der Waals surface area contributed by atoms with E-state index in [2.05, 4.69) is 46.8 Å². The Bertz CT molecular complexity index is 831. The van der Waals surface area contributed by atoms with Gasteiger partial charge in [0.05, 0.1) is 11.9 Å². The van der Waals surface area contributed by atoms with Crippen LogP contribution < -0.4 is 10.6 Å². The van der Waals surface area contributed by atoms with E-state index in [9.17, 15) is 0 Å². The molecule has 2 N–H and O–H groups in total. The Morgan fingerprint density at radius 2 is 2.08 bits per heavy atom. The number of nitrogens with zero attached hydrogens (tertiary/aromatic N) is 3. The number of hydrogen-bond donors (Lipinski definition) is 2. The molecule has 130 valence electrons. The van der Waals surface area contributed by atoms with Crippen molar-refractivity contribution in [3.63, 3.8) is 0 Å². The molecule has 2 aromatic heterocycles. The van der Waals surface area contributed by atoms with Crippen molar-refractivity contribution in [2.75, 3.05) is 18.4 Å². The third-order valence-corrected chi connectivity index (χ3v) is 4.87. The largest absolute Gasteiger partial charge is 0.369 e. The van der Waals surface area contributed by atoms with Crippen LogP contribution in [0.1, 0.15) is 44.2 Å². The van der Waals surface area contributed by atoms with Gasteiger partial charge in [-0.2, -0.15) is 0 Å². The topological polar surface area (TPSA) is 54.2 Å². The monoisotopic (exact) mass is 335 g/mol. The second-order valence-corrected chi connectivity index (χ2v) is 6.68. The normalized spacial score (nSPS) is 17.2. The lowest BCUT2D eigenvalue weighted by molar-refractivity contribution is 0.648. The zero-order chi connectivity index (χ0) is 17.1. The quantitative estimate of drug-likeness (QED) is 0.668. The number of rotatable bonds is 6. The van der Waals surface area contributed by atoms with E-state index < -0.39 is 0 Å². The van der Waals surface area contributed by atoms with E-state index in [0.717, 1.165) is 42.2 Å². The van der Waals surface area contributed by atoms with Crippen molar-refractivity contribution in [2.24, 2.45) is 0 Å². The zero-order valence-electron chi connectivity index (χ0n) is 14.7. The summed E-state index contributed by atoms with van der Waals surface area (Å²) in [7, 11) is 0. The lowest BCUT2D eigenvalue weighted by Gasteiger charge is -2.11. The van der Waals surface area contributed by atoms with Crippen molar-refractivity contribution in [2.45, 2.75) is 38.6 Å². The number of nitrogens with one attached hydrogen (secondary N) is 2. The molecule has 1 aromatic carbocycles. The second kappa shape index (κ2) is 7.23. The first kappa shape index (κ1) is 16.1. The minimum absolute atomic E-state index is 0.503. The smallest absolute Gasteiger partial charge is 0.154 e. The Kier molecular flexibility index (Phi) is 4.65. The average Bonchev–Trinajstić information content (AvgIpc) is 3.32. The summed E-state index contributed by atoms with van der Waals surface area (Å²) in [5.41, 5.74) is 4.41. The van der Waals surface area contributed by atoms with E-state index in [0.29, 0.717) is 6.04 Å². The standard InChI is InChI=1S/C20H25N5/c1-2-3-12-22-19-10-11-20-23-14-18(25(20)24-19)16-8-6-15(7-9-16)17-5-4-13-21-17/h6-11,14,17,21H,2-5,12-13H2,1H3,(H,22,24). The molecule has 5 heteroatoms. The van der Waals surface area contributed by atoms with Crippen LogP contribution in [-0.4, -0.2) is 27.7 Å². The van der Waals surface area contributed by atoms with Gasteiger partial charge in [0.1, 0.15) is 5.82 Å². The van der Waals surface area contributed by atoms with Gasteiger partial charge in [0.2, 0.25) is 0 Å². The molecule has 1 aliphatic rings. The molecule has 0 radical (unpaired) electrons. The van der Waals surface area contributed by atoms with Crippen molar-refractivity contribution < 1.29 is 0 Å². The maximum atomic E-state index is 4.71. The molecule has 25 heavy (non-hydrogen) atoms. The predicted octanol–water partition coefficient (Wildman–Crippen LogP) is 4.03. The fraction of sp³-hybridized carbons (Fsp3) is 0.400. The summed E-state index contributed by atoms with van der Waals surface area (Å²) < 4.78 is 1.93. The van der Waals surface area contributed by atoms with Gasteiger partial charge in [0.15, 0.2) is 5.65 Å². The highest BCUT2D eigenvalue weighted by molar-refractivity contribution is 5.64. The van der Waals surface area contributed by atoms with Crippen LogP contribution >= 0.6 is 0 Å². The summed E-state index contributed by atoms with van der Waals surface area (Å²) in [4.78, 5) is 4.49. The van der Waals surface area contributed by atoms with Gasteiger partial charge in [-0.05, 0) is 43.5 Å². The summed E-state index contributed by atoms with van der Waals surface area (Å²) in [5, 5.41) is 11.6. The van der Waals surface area contributed by atoms with E-state index in [-0.39, 0.29) is 0 Å². The summed E-state index contributed by atoms with van der Waals surface area (Å²) in [6, 6.07) is 13.3. The summed E-state index contributed by atoms with van der Waals surface area (Å²) in [6.07, 6.45) is 6.71. The minimum atomic E-state index is 0.503. The van der Waals surface area contributed by atoms with Crippen molar-refractivity contribution in [1.82, 2.24) is 19.9 Å². The second-order valence-electron chi connectivity index (χ2n) is 6.68. The molecule has 4 rings (SSSR count). The lowest BCUT2D eigenvalue weighted by Crippen LogP contribution is -2.12. The van der Waals surface area contributed by atoms with Crippen LogP contribution in [0.2, 0.25) is 0 Å². The summed E-state index contributed by atoms with van der Waals surface area (Å²) in [6.45, 7) is 4.26. The van der Waals surface area contributed by atoms with Crippen molar-refractivity contribution in [1.29, 1.82) is 0 Å². The van der Waals surface area contributed by atoms with Crippen LogP contribution in [-0.2, 0) is 0 Å². The molecule has 1 aliphatic heterocycles. The minimum Gasteiger partial charge on any atom is -0.369 e. The molecule has 3 heterocycles. The summed E-state index contributed by atoms with van der Waals surface area (Å²) >= 11 is 0. The molecular formula is C20H25N5. The summed E-state index contributed by atoms with van der Waals surface area (Å²) in [5.74, 6) is 0.895. The Hall–Kier alpha value is -2.40. The molecule has 1 saturated heterocycles. The third-order valence-electron chi connectivity index (χ3n) is 4.87. The number of benzene rings is 1. The molecule has 3 aromatic rings. The van der Waals surface area contributed by atoms with E-state index >= 15 is 0 Å². The van der Waals surface area contributed by atoms with Crippen molar-refractivity contribution in [3.8, 4) is 11.3 Å². The van der Waals surface area contributed by atoms with Gasteiger partial charge in [-0.3, -0.25) is 0 Å². The number of aromatic nitrogens is 3. The average molecular weight is 335 g/mol. The van der Waals surface area contributed by atoms with Gasteiger partial charge < -0.3 is 10.6 Å². The first-order valence-corrected chi connectivity index (χ1v) is 9.27. The van der Waals surface area contributed by atoms with Crippen molar-refractivity contribution in [3.05, 3.63) is 48.2 Å². The fourth-order valence-electron chi connectivity index (χ4n) is 3.41. The van der Waals surface area contributed by atoms with Gasteiger partial charge in [0.25, 0.3) is 0 Å². The van der Waals surface area contributed by atoms with Gasteiger partial charge >= 0.3 is 0 Å². The molecular weight excluding hydrogens is 310 g/mol. The van der Waals surface area contributed by atoms with Crippen molar-refractivity contribution >= 4 is 11.5 Å². The van der Waals surface area contributed by atoms with Crippen LogP contribution in [0, 0.1) is 0 Å². The molecule has 0 aliphatic carbocycles. The molecule has 5 nitrogen and oxygen atoms in total. The van der Waals surface area contributed by atoms with E-state index in [1.54, 1.807) is 0 Å². The van der Waals surface area contributed by atoms with Gasteiger partial charge in [0, 0.05) is 18.2 Å². The Labute approximate surface area is 148 Å². The number of imidazole rings is 1. The molecule has 0 saturated carbocycles. The van der Waals surface area contributed by atoms with Crippen LogP contribution in [0.3, 0.4) is 0 Å². The van der Waals surface area contributed by atoms with Crippen LogP contribution in [0.5, 0.6) is 0 Å². The SMILES string of the molecule is CCCCNc1ccc2ncc(-c3ccc(C4CCCN4)cc3)n2n1. The highest BCUT2D eigenvalue weighted by Crippen LogP contribution is 2.26. The maximum absolute atomic E-state index is 4.71. The fourth-order valence-corrected chi connectivity index (χ4v) is 3.41. The zero-order valence-corrected chi connectivity index (χ0v) is 14.7. The molecule has 1 atom stereocenters. The molecule has 1 fully saturated rings. The van der Waals surface area contributed by atoms with Gasteiger partial charge in [-0.15, -0.1) is 5.10 Å². The maximum Gasteiger partial charge on any atom is 0.154 e. The van der Waals surface area contributed by atoms with E-state index in [4.69, 9.17) is 5.10 Å². The number of hydrogen-bond acceptors (Lipinski definition) is 4. The van der Waals surface area contributed by atoms with Crippen LogP contribution in [0.4, 0.5) is 5.82 Å². The molecule has 0 amide bonds. The van der Waals surface area contributed by atoms with Crippen LogP contribution in [0.15, 0.2) is 42.6 Å². The number of fused-ring (bicyclic) bond motifs is 1. The number of anilines is 1. The third kappa shape index (κ3) is 3.37.